The predicted molar refractivity (Wildman–Crippen MR) is 44.3 cm³/mol. The molecular formula is C8H15NO3. The summed E-state index contributed by atoms with van der Waals surface area (Å²) in [7, 11) is 0. The lowest BCUT2D eigenvalue weighted by molar-refractivity contribution is -0.155. The maximum absolute atomic E-state index is 10.9. The molecule has 0 fully saturated rings. The summed E-state index contributed by atoms with van der Waals surface area (Å²) in [4.78, 5) is 21.2. The second-order valence-electron chi connectivity index (χ2n) is 3.55. The molecule has 0 heterocycles. The van der Waals surface area contributed by atoms with Crippen LogP contribution in [0.15, 0.2) is 0 Å². The van der Waals surface area contributed by atoms with E-state index in [2.05, 4.69) is 0 Å². The van der Waals surface area contributed by atoms with Crippen LogP contribution in [-0.4, -0.2) is 17.5 Å². The Labute approximate surface area is 72.1 Å². The number of primary amides is 1. The highest BCUT2D eigenvalue weighted by molar-refractivity contribution is 5.80. The molecule has 4 nitrogen and oxygen atoms in total. The minimum Gasteiger partial charge on any atom is -0.460 e. The Kier molecular flexibility index (Phi) is 3.73. The number of ether oxygens (including phenoxy) is 1. The van der Waals surface area contributed by atoms with Crippen molar-refractivity contribution < 1.29 is 14.3 Å². The Bertz CT molecular complexity index is 181. The molecule has 0 aromatic heterocycles. The van der Waals surface area contributed by atoms with Crippen molar-refractivity contribution in [2.45, 2.75) is 39.2 Å². The Morgan fingerprint density at radius 2 is 1.75 bits per heavy atom. The van der Waals surface area contributed by atoms with E-state index in [4.69, 9.17) is 10.5 Å². The highest BCUT2D eigenvalue weighted by Crippen LogP contribution is 2.08. The standard InChI is InChI=1S/C8H15NO3/c1-8(2,3)12-7(11)5-4-6(9)10/h4-5H2,1-3H3,(H2,9,10). The largest absolute Gasteiger partial charge is 0.460 e. The lowest BCUT2D eigenvalue weighted by atomic mass is 10.2. The van der Waals surface area contributed by atoms with Crippen LogP contribution in [0.25, 0.3) is 0 Å². The third kappa shape index (κ3) is 7.05. The van der Waals surface area contributed by atoms with Crippen molar-refractivity contribution in [3.05, 3.63) is 0 Å². The lowest BCUT2D eigenvalue weighted by Gasteiger charge is -2.19. The van der Waals surface area contributed by atoms with E-state index in [1.165, 1.54) is 0 Å². The molecule has 0 aromatic rings. The van der Waals surface area contributed by atoms with Gasteiger partial charge in [0.25, 0.3) is 0 Å². The van der Waals surface area contributed by atoms with E-state index in [1.54, 1.807) is 20.8 Å². The molecule has 2 N–H and O–H groups in total. The molecule has 12 heavy (non-hydrogen) atoms. The van der Waals surface area contributed by atoms with Crippen molar-refractivity contribution in [3.63, 3.8) is 0 Å². The van der Waals surface area contributed by atoms with Gasteiger partial charge in [-0.25, -0.2) is 0 Å². The van der Waals surface area contributed by atoms with Crippen LogP contribution in [0.2, 0.25) is 0 Å². The number of carbonyl (C=O) groups is 2. The summed E-state index contributed by atoms with van der Waals surface area (Å²) < 4.78 is 4.94. The minimum atomic E-state index is -0.491. The molecule has 70 valence electrons. The Balaban J connectivity index is 3.68. The van der Waals surface area contributed by atoms with Gasteiger partial charge in [0.15, 0.2) is 0 Å². The van der Waals surface area contributed by atoms with Crippen LogP contribution >= 0.6 is 0 Å². The van der Waals surface area contributed by atoms with Crippen molar-refractivity contribution in [3.8, 4) is 0 Å². The van der Waals surface area contributed by atoms with Crippen molar-refractivity contribution in [1.82, 2.24) is 0 Å². The fourth-order valence-electron chi connectivity index (χ4n) is 0.618. The second-order valence-corrected chi connectivity index (χ2v) is 3.55. The molecule has 0 saturated carbocycles. The average Bonchev–Trinajstić information content (AvgIpc) is 1.79. The smallest absolute Gasteiger partial charge is 0.306 e. The number of amides is 1. The van der Waals surface area contributed by atoms with E-state index in [0.717, 1.165) is 0 Å². The van der Waals surface area contributed by atoms with E-state index in [-0.39, 0.29) is 18.8 Å². The summed E-state index contributed by atoms with van der Waals surface area (Å²) in [5.41, 5.74) is 4.37. The summed E-state index contributed by atoms with van der Waals surface area (Å²) in [6.07, 6.45) is 0.113. The fourth-order valence-corrected chi connectivity index (χ4v) is 0.618. The summed E-state index contributed by atoms with van der Waals surface area (Å²) in [6, 6.07) is 0. The molecule has 0 saturated heterocycles. The third-order valence-electron chi connectivity index (χ3n) is 0.996. The van der Waals surface area contributed by atoms with Gasteiger partial charge in [0.05, 0.1) is 6.42 Å². The van der Waals surface area contributed by atoms with E-state index in [9.17, 15) is 9.59 Å². The number of carbonyl (C=O) groups excluding carboxylic acids is 2. The SMILES string of the molecule is CC(C)(C)OC(=O)CCC(N)=O. The Morgan fingerprint density at radius 1 is 1.25 bits per heavy atom. The normalized spacial score (nSPS) is 10.9. The van der Waals surface area contributed by atoms with E-state index in [0.29, 0.717) is 0 Å². The molecule has 0 atom stereocenters. The molecule has 0 bridgehead atoms. The van der Waals surface area contributed by atoms with Gasteiger partial charge in [-0.1, -0.05) is 0 Å². The van der Waals surface area contributed by atoms with Gasteiger partial charge in [0.2, 0.25) is 5.91 Å². The van der Waals surface area contributed by atoms with Gasteiger partial charge in [-0.3, -0.25) is 9.59 Å². The zero-order valence-electron chi connectivity index (χ0n) is 7.72. The molecule has 0 rings (SSSR count). The van der Waals surface area contributed by atoms with Crippen LogP contribution < -0.4 is 5.73 Å². The number of nitrogens with two attached hydrogens (primary N) is 1. The molecule has 0 spiro atoms. The fraction of sp³-hybridized carbons (Fsp3) is 0.750. The molecule has 0 aliphatic heterocycles. The van der Waals surface area contributed by atoms with Crippen LogP contribution in [0, 0.1) is 0 Å². The lowest BCUT2D eigenvalue weighted by Crippen LogP contribution is -2.24. The maximum atomic E-state index is 10.9. The topological polar surface area (TPSA) is 69.4 Å². The summed E-state index contributed by atoms with van der Waals surface area (Å²) in [5.74, 6) is -0.873. The zero-order chi connectivity index (χ0) is 9.78. The summed E-state index contributed by atoms with van der Waals surface area (Å²) in [6.45, 7) is 5.32. The van der Waals surface area contributed by atoms with E-state index in [1.807, 2.05) is 0 Å². The third-order valence-corrected chi connectivity index (χ3v) is 0.996. The number of esters is 1. The van der Waals surface area contributed by atoms with Crippen molar-refractivity contribution in [1.29, 1.82) is 0 Å². The van der Waals surface area contributed by atoms with E-state index < -0.39 is 11.5 Å². The van der Waals surface area contributed by atoms with Gasteiger partial charge < -0.3 is 10.5 Å². The van der Waals surface area contributed by atoms with Crippen molar-refractivity contribution in [2.75, 3.05) is 0 Å². The highest BCUT2D eigenvalue weighted by atomic mass is 16.6. The molecule has 1 amide bonds. The van der Waals surface area contributed by atoms with Crippen LogP contribution in [0.4, 0.5) is 0 Å². The quantitative estimate of drug-likeness (QED) is 0.635. The molecule has 0 unspecified atom stereocenters. The van der Waals surface area contributed by atoms with Crippen LogP contribution in [0.3, 0.4) is 0 Å². The highest BCUT2D eigenvalue weighted by Gasteiger charge is 2.16. The van der Waals surface area contributed by atoms with Crippen molar-refractivity contribution >= 4 is 11.9 Å². The van der Waals surface area contributed by atoms with Crippen molar-refractivity contribution in [2.24, 2.45) is 5.73 Å². The predicted octanol–water partition coefficient (Wildman–Crippen LogP) is 0.594. The van der Waals surface area contributed by atoms with Gasteiger partial charge in [-0.05, 0) is 20.8 Å². The molecule has 0 aliphatic rings. The van der Waals surface area contributed by atoms with Gasteiger partial charge in [-0.2, -0.15) is 0 Å². The molecule has 4 heteroatoms. The van der Waals surface area contributed by atoms with Crippen LogP contribution in [0.5, 0.6) is 0 Å². The second kappa shape index (κ2) is 4.09. The van der Waals surface area contributed by atoms with Gasteiger partial charge in [0.1, 0.15) is 5.60 Å². The summed E-state index contributed by atoms with van der Waals surface area (Å²) in [5, 5.41) is 0. The number of hydrogen-bond acceptors (Lipinski definition) is 3. The maximum Gasteiger partial charge on any atom is 0.306 e. The van der Waals surface area contributed by atoms with Gasteiger partial charge >= 0.3 is 5.97 Å². The van der Waals surface area contributed by atoms with Crippen LogP contribution in [0.1, 0.15) is 33.6 Å². The Morgan fingerprint density at radius 3 is 2.08 bits per heavy atom. The number of rotatable bonds is 3. The van der Waals surface area contributed by atoms with Gasteiger partial charge in [0, 0.05) is 6.42 Å². The minimum absolute atomic E-state index is 0.0505. The van der Waals surface area contributed by atoms with Gasteiger partial charge in [-0.15, -0.1) is 0 Å². The molecule has 0 aromatic carbocycles. The first-order chi connectivity index (χ1) is 5.31. The first kappa shape index (κ1) is 10.9. The zero-order valence-corrected chi connectivity index (χ0v) is 7.72. The average molecular weight is 173 g/mol. The summed E-state index contributed by atoms with van der Waals surface area (Å²) >= 11 is 0. The molecule has 0 aliphatic carbocycles. The molecular weight excluding hydrogens is 158 g/mol. The van der Waals surface area contributed by atoms with E-state index >= 15 is 0 Å². The van der Waals surface area contributed by atoms with Crippen LogP contribution in [-0.2, 0) is 14.3 Å². The first-order valence-electron chi connectivity index (χ1n) is 3.81. The molecule has 0 radical (unpaired) electrons. The Hall–Kier alpha value is -1.06. The first-order valence-corrected chi connectivity index (χ1v) is 3.81. The monoisotopic (exact) mass is 173 g/mol. The number of hydrogen-bond donors (Lipinski definition) is 1.